The van der Waals surface area contributed by atoms with Crippen molar-refractivity contribution in [1.82, 2.24) is 10.2 Å². The summed E-state index contributed by atoms with van der Waals surface area (Å²) in [6.45, 7) is 7.48. The summed E-state index contributed by atoms with van der Waals surface area (Å²) in [6.07, 6.45) is 3.75. The molecule has 0 bridgehead atoms. The second kappa shape index (κ2) is 6.20. The molecule has 0 radical (unpaired) electrons. The molecule has 0 spiro atoms. The summed E-state index contributed by atoms with van der Waals surface area (Å²) in [5.74, 6) is -0.697. The first-order valence-corrected chi connectivity index (χ1v) is 7.45. The number of hydrogen-bond donors (Lipinski definition) is 2. The van der Waals surface area contributed by atoms with Crippen LogP contribution in [0.25, 0.3) is 0 Å². The number of hydrogen-bond acceptors (Lipinski definition) is 4. The lowest BCUT2D eigenvalue weighted by Crippen LogP contribution is -2.52. The van der Waals surface area contributed by atoms with Crippen molar-refractivity contribution in [3.05, 3.63) is 0 Å². The first-order valence-electron chi connectivity index (χ1n) is 7.45. The van der Waals surface area contributed by atoms with Gasteiger partial charge in [0.1, 0.15) is 5.54 Å². The average molecular weight is 270 g/mol. The van der Waals surface area contributed by atoms with Crippen LogP contribution in [-0.2, 0) is 9.53 Å². The normalized spacial score (nSPS) is 36.5. The molecule has 2 fully saturated rings. The molecule has 5 heteroatoms. The van der Waals surface area contributed by atoms with Gasteiger partial charge in [-0.3, -0.25) is 9.69 Å². The lowest BCUT2D eigenvalue weighted by Gasteiger charge is -2.37. The van der Waals surface area contributed by atoms with Gasteiger partial charge in [-0.1, -0.05) is 13.8 Å². The molecule has 110 valence electrons. The second-order valence-corrected chi connectivity index (χ2v) is 5.71. The van der Waals surface area contributed by atoms with E-state index >= 15 is 0 Å². The van der Waals surface area contributed by atoms with E-state index in [0.717, 1.165) is 39.0 Å². The van der Waals surface area contributed by atoms with Gasteiger partial charge in [0.25, 0.3) is 0 Å². The Morgan fingerprint density at radius 1 is 1.53 bits per heavy atom. The molecule has 1 aliphatic carbocycles. The highest BCUT2D eigenvalue weighted by atomic mass is 16.5. The molecule has 1 aliphatic heterocycles. The molecule has 0 amide bonds. The molecule has 0 aromatic rings. The third-order valence-electron chi connectivity index (χ3n) is 4.55. The highest BCUT2D eigenvalue weighted by Gasteiger charge is 2.46. The van der Waals surface area contributed by atoms with Gasteiger partial charge in [-0.25, -0.2) is 0 Å². The zero-order chi connectivity index (χ0) is 13.9. The van der Waals surface area contributed by atoms with Crippen LogP contribution in [0.4, 0.5) is 0 Å². The molecule has 0 aromatic heterocycles. The molecule has 3 atom stereocenters. The van der Waals surface area contributed by atoms with Crippen molar-refractivity contribution >= 4 is 5.97 Å². The van der Waals surface area contributed by atoms with Crippen molar-refractivity contribution in [3.8, 4) is 0 Å². The fraction of sp³-hybridized carbons (Fsp3) is 0.929. The first kappa shape index (κ1) is 14.8. The van der Waals surface area contributed by atoms with Gasteiger partial charge < -0.3 is 15.2 Å². The fourth-order valence-electron chi connectivity index (χ4n) is 3.42. The van der Waals surface area contributed by atoms with Crippen LogP contribution in [0.5, 0.6) is 0 Å². The van der Waals surface area contributed by atoms with Gasteiger partial charge in [0.05, 0.1) is 12.7 Å². The lowest BCUT2D eigenvalue weighted by atomic mass is 9.97. The van der Waals surface area contributed by atoms with Gasteiger partial charge in [-0.15, -0.1) is 0 Å². The predicted octanol–water partition coefficient (Wildman–Crippen LogP) is 1.08. The average Bonchev–Trinajstić information content (AvgIpc) is 2.85. The summed E-state index contributed by atoms with van der Waals surface area (Å²) in [5, 5.41) is 12.7. The van der Waals surface area contributed by atoms with Crippen LogP contribution < -0.4 is 5.32 Å². The Morgan fingerprint density at radius 3 is 2.95 bits per heavy atom. The number of nitrogens with one attached hydrogen (secondary N) is 1. The van der Waals surface area contributed by atoms with Crippen molar-refractivity contribution in [1.29, 1.82) is 0 Å². The van der Waals surface area contributed by atoms with Crippen molar-refractivity contribution in [3.63, 3.8) is 0 Å². The lowest BCUT2D eigenvalue weighted by molar-refractivity contribution is -0.144. The molecule has 2 N–H and O–H groups in total. The van der Waals surface area contributed by atoms with Crippen LogP contribution in [0.15, 0.2) is 0 Å². The van der Waals surface area contributed by atoms with E-state index in [2.05, 4.69) is 17.1 Å². The number of morpholine rings is 1. The quantitative estimate of drug-likeness (QED) is 0.783. The van der Waals surface area contributed by atoms with Crippen LogP contribution in [0.1, 0.15) is 39.5 Å². The van der Waals surface area contributed by atoms with Crippen molar-refractivity contribution < 1.29 is 14.6 Å². The molecule has 19 heavy (non-hydrogen) atoms. The van der Waals surface area contributed by atoms with Crippen molar-refractivity contribution in [2.75, 3.05) is 26.2 Å². The van der Waals surface area contributed by atoms with Crippen molar-refractivity contribution in [2.45, 2.75) is 57.2 Å². The maximum atomic E-state index is 11.6. The highest BCUT2D eigenvalue weighted by molar-refractivity contribution is 5.79. The van der Waals surface area contributed by atoms with Crippen LogP contribution in [-0.4, -0.2) is 59.9 Å². The van der Waals surface area contributed by atoms with Crippen LogP contribution in [0, 0.1) is 0 Å². The first-order chi connectivity index (χ1) is 9.11. The van der Waals surface area contributed by atoms with Gasteiger partial charge in [0, 0.05) is 19.1 Å². The summed E-state index contributed by atoms with van der Waals surface area (Å²) >= 11 is 0. The minimum Gasteiger partial charge on any atom is -0.480 e. The Kier molecular flexibility index (Phi) is 4.81. The maximum absolute atomic E-state index is 11.6. The summed E-state index contributed by atoms with van der Waals surface area (Å²) in [6, 6.07) is 0.382. The second-order valence-electron chi connectivity index (χ2n) is 5.71. The van der Waals surface area contributed by atoms with Gasteiger partial charge >= 0.3 is 5.97 Å². The standard InChI is InChI=1S/C14H26N2O3/c1-3-12-10-16(7-8-19-12)11-5-6-14(9-11,13(17)18)15-4-2/h11-12,15H,3-10H2,1-2H3,(H,17,18). The van der Waals surface area contributed by atoms with E-state index < -0.39 is 11.5 Å². The van der Waals surface area contributed by atoms with E-state index in [4.69, 9.17) is 4.74 Å². The van der Waals surface area contributed by atoms with E-state index in [1.807, 2.05) is 6.92 Å². The van der Waals surface area contributed by atoms with E-state index in [1.165, 1.54) is 0 Å². The van der Waals surface area contributed by atoms with Crippen LogP contribution in [0.2, 0.25) is 0 Å². The number of carboxylic acids is 1. The zero-order valence-corrected chi connectivity index (χ0v) is 12.0. The number of aliphatic carboxylic acids is 1. The highest BCUT2D eigenvalue weighted by Crippen LogP contribution is 2.34. The Morgan fingerprint density at radius 2 is 2.32 bits per heavy atom. The minimum absolute atomic E-state index is 0.313. The van der Waals surface area contributed by atoms with Gasteiger partial charge in [0.2, 0.25) is 0 Å². The Hall–Kier alpha value is -0.650. The number of nitrogens with zero attached hydrogens (tertiary/aromatic N) is 1. The molecular formula is C14H26N2O3. The molecule has 3 unspecified atom stereocenters. The largest absolute Gasteiger partial charge is 0.480 e. The van der Waals surface area contributed by atoms with E-state index in [9.17, 15) is 9.90 Å². The summed E-state index contributed by atoms with van der Waals surface area (Å²) in [7, 11) is 0. The SMILES string of the molecule is CCNC1(C(=O)O)CCC(N2CCOC(CC)C2)C1. The van der Waals surface area contributed by atoms with E-state index in [1.54, 1.807) is 0 Å². The van der Waals surface area contributed by atoms with Crippen LogP contribution >= 0.6 is 0 Å². The molecular weight excluding hydrogens is 244 g/mol. The third kappa shape index (κ3) is 3.09. The molecule has 2 aliphatic rings. The molecule has 1 saturated carbocycles. The maximum Gasteiger partial charge on any atom is 0.323 e. The van der Waals surface area contributed by atoms with Gasteiger partial charge in [-0.05, 0) is 32.2 Å². The Labute approximate surface area is 115 Å². The number of carboxylic acid groups (broad SMARTS) is 1. The number of rotatable bonds is 5. The fourth-order valence-corrected chi connectivity index (χ4v) is 3.42. The molecule has 1 saturated heterocycles. The number of ether oxygens (including phenoxy) is 1. The van der Waals surface area contributed by atoms with Gasteiger partial charge in [0.15, 0.2) is 0 Å². The third-order valence-corrected chi connectivity index (χ3v) is 4.55. The Balaban J connectivity index is 1.98. The summed E-state index contributed by atoms with van der Waals surface area (Å²) < 4.78 is 5.69. The molecule has 2 rings (SSSR count). The number of likely N-dealkylation sites (N-methyl/N-ethyl adjacent to an activating group) is 1. The smallest absolute Gasteiger partial charge is 0.323 e. The summed E-state index contributed by atoms with van der Waals surface area (Å²) in [4.78, 5) is 14.0. The van der Waals surface area contributed by atoms with Gasteiger partial charge in [-0.2, -0.15) is 0 Å². The molecule has 0 aromatic carbocycles. The van der Waals surface area contributed by atoms with Crippen LogP contribution in [0.3, 0.4) is 0 Å². The molecule has 1 heterocycles. The monoisotopic (exact) mass is 270 g/mol. The molecule has 5 nitrogen and oxygen atoms in total. The Bertz CT molecular complexity index is 324. The summed E-state index contributed by atoms with van der Waals surface area (Å²) in [5.41, 5.74) is -0.709. The van der Waals surface area contributed by atoms with E-state index in [-0.39, 0.29) is 0 Å². The van der Waals surface area contributed by atoms with E-state index in [0.29, 0.717) is 25.1 Å². The van der Waals surface area contributed by atoms with Crippen molar-refractivity contribution in [2.24, 2.45) is 0 Å². The number of carbonyl (C=O) groups is 1. The zero-order valence-electron chi connectivity index (χ0n) is 12.0. The minimum atomic E-state index is -0.709. The predicted molar refractivity (Wildman–Crippen MR) is 73.3 cm³/mol. The topological polar surface area (TPSA) is 61.8 Å².